The van der Waals surface area contributed by atoms with Crippen LogP contribution in [-0.2, 0) is 0 Å². The smallest absolute Gasteiger partial charge is 0.0299 e. The van der Waals surface area contributed by atoms with Gasteiger partial charge in [0.15, 0.2) is 0 Å². The normalized spacial score (nSPS) is 23.4. The van der Waals surface area contributed by atoms with Crippen molar-refractivity contribution in [1.29, 1.82) is 0 Å². The fourth-order valence-electron chi connectivity index (χ4n) is 1.17. The Labute approximate surface area is 62.3 Å². The fraction of sp³-hybridized carbons (Fsp3) is 0.556. The summed E-state index contributed by atoms with van der Waals surface area (Å²) >= 11 is 0. The van der Waals surface area contributed by atoms with Crippen molar-refractivity contribution in [2.75, 3.05) is 0 Å². The minimum Gasteiger partial charge on any atom is -0.324 e. The Morgan fingerprint density at radius 3 is 3.10 bits per heavy atom. The molecule has 0 aliphatic heterocycles. The van der Waals surface area contributed by atoms with Crippen LogP contribution in [0.1, 0.15) is 26.2 Å². The Hall–Kier alpha value is -0.740. The van der Waals surface area contributed by atoms with Crippen molar-refractivity contribution in [2.45, 2.75) is 32.2 Å². The summed E-state index contributed by atoms with van der Waals surface area (Å²) in [7, 11) is 0. The molecule has 0 bridgehead atoms. The highest BCUT2D eigenvalue weighted by Gasteiger charge is 2.09. The van der Waals surface area contributed by atoms with E-state index in [9.17, 15) is 0 Å². The number of hydrogen-bond acceptors (Lipinski definition) is 1. The molecular formula is C9H13N. The van der Waals surface area contributed by atoms with Gasteiger partial charge in [-0.2, -0.15) is 0 Å². The Kier molecular flexibility index (Phi) is 2.53. The van der Waals surface area contributed by atoms with Gasteiger partial charge in [0.25, 0.3) is 0 Å². The van der Waals surface area contributed by atoms with Gasteiger partial charge in [0.05, 0.1) is 0 Å². The third kappa shape index (κ3) is 1.89. The zero-order chi connectivity index (χ0) is 7.40. The van der Waals surface area contributed by atoms with Crippen molar-refractivity contribution in [1.82, 2.24) is 0 Å². The van der Waals surface area contributed by atoms with E-state index in [1.807, 2.05) is 6.92 Å². The average Bonchev–Trinajstić information content (AvgIpc) is 2.31. The van der Waals surface area contributed by atoms with Crippen molar-refractivity contribution >= 4 is 0 Å². The summed E-state index contributed by atoms with van der Waals surface area (Å²) in [6, 6.07) is 0.300. The van der Waals surface area contributed by atoms with Gasteiger partial charge in [-0.25, -0.2) is 0 Å². The van der Waals surface area contributed by atoms with Crippen molar-refractivity contribution in [3.05, 3.63) is 11.6 Å². The maximum Gasteiger partial charge on any atom is 0.0299 e. The van der Waals surface area contributed by atoms with Crippen LogP contribution in [0.25, 0.3) is 0 Å². The highest BCUT2D eigenvalue weighted by molar-refractivity contribution is 5.19. The van der Waals surface area contributed by atoms with Gasteiger partial charge in [0.2, 0.25) is 0 Å². The summed E-state index contributed by atoms with van der Waals surface area (Å²) in [6.07, 6.45) is 5.32. The topological polar surface area (TPSA) is 26.0 Å². The molecule has 0 amide bonds. The standard InChI is InChI=1S/C9H13N/c1-2-3-4-8-5-6-9(10)7-8/h7,9H,4-6,10H2,1H3. The summed E-state index contributed by atoms with van der Waals surface area (Å²) in [5.41, 5.74) is 7.09. The van der Waals surface area contributed by atoms with Gasteiger partial charge in [-0.15, -0.1) is 5.92 Å². The molecule has 1 atom stereocenters. The van der Waals surface area contributed by atoms with Crippen LogP contribution in [-0.4, -0.2) is 6.04 Å². The minimum atomic E-state index is 0.300. The van der Waals surface area contributed by atoms with Crippen molar-refractivity contribution in [2.24, 2.45) is 5.73 Å². The predicted molar refractivity (Wildman–Crippen MR) is 43.4 cm³/mol. The second-order valence-corrected chi connectivity index (χ2v) is 2.63. The van der Waals surface area contributed by atoms with E-state index in [0.29, 0.717) is 6.04 Å². The monoisotopic (exact) mass is 135 g/mol. The first-order valence-electron chi connectivity index (χ1n) is 3.67. The van der Waals surface area contributed by atoms with E-state index in [0.717, 1.165) is 19.3 Å². The third-order valence-electron chi connectivity index (χ3n) is 1.74. The van der Waals surface area contributed by atoms with E-state index in [2.05, 4.69) is 17.9 Å². The van der Waals surface area contributed by atoms with Crippen LogP contribution < -0.4 is 5.73 Å². The molecule has 0 saturated heterocycles. The molecule has 1 nitrogen and oxygen atoms in total. The highest BCUT2D eigenvalue weighted by Crippen LogP contribution is 2.18. The maximum absolute atomic E-state index is 5.67. The van der Waals surface area contributed by atoms with Gasteiger partial charge in [-0.3, -0.25) is 0 Å². The summed E-state index contributed by atoms with van der Waals surface area (Å²) in [4.78, 5) is 0. The maximum atomic E-state index is 5.67. The first kappa shape index (κ1) is 7.37. The molecule has 0 saturated carbocycles. The molecule has 0 aromatic rings. The molecule has 1 rings (SSSR count). The average molecular weight is 135 g/mol. The number of rotatable bonds is 1. The van der Waals surface area contributed by atoms with Gasteiger partial charge in [-0.05, 0) is 19.8 Å². The van der Waals surface area contributed by atoms with Crippen LogP contribution in [0.2, 0.25) is 0 Å². The van der Waals surface area contributed by atoms with Crippen molar-refractivity contribution < 1.29 is 0 Å². The van der Waals surface area contributed by atoms with E-state index in [1.165, 1.54) is 5.57 Å². The van der Waals surface area contributed by atoms with Gasteiger partial charge < -0.3 is 5.73 Å². The van der Waals surface area contributed by atoms with Crippen LogP contribution in [0, 0.1) is 11.8 Å². The first-order chi connectivity index (χ1) is 4.83. The summed E-state index contributed by atoms with van der Waals surface area (Å²) < 4.78 is 0. The van der Waals surface area contributed by atoms with E-state index >= 15 is 0 Å². The zero-order valence-electron chi connectivity index (χ0n) is 6.35. The molecule has 0 radical (unpaired) electrons. The Bertz CT molecular complexity index is 193. The molecule has 10 heavy (non-hydrogen) atoms. The van der Waals surface area contributed by atoms with E-state index in [1.54, 1.807) is 0 Å². The lowest BCUT2D eigenvalue weighted by Crippen LogP contribution is -2.11. The molecule has 1 aliphatic carbocycles. The second-order valence-electron chi connectivity index (χ2n) is 2.63. The molecule has 1 unspecified atom stereocenters. The van der Waals surface area contributed by atoms with Gasteiger partial charge >= 0.3 is 0 Å². The van der Waals surface area contributed by atoms with Crippen LogP contribution in [0.15, 0.2) is 11.6 Å². The van der Waals surface area contributed by atoms with Crippen LogP contribution in [0.5, 0.6) is 0 Å². The fourth-order valence-corrected chi connectivity index (χ4v) is 1.17. The number of nitrogens with two attached hydrogens (primary N) is 1. The zero-order valence-corrected chi connectivity index (χ0v) is 6.35. The van der Waals surface area contributed by atoms with Gasteiger partial charge in [0.1, 0.15) is 0 Å². The Morgan fingerprint density at radius 2 is 2.60 bits per heavy atom. The lowest BCUT2D eigenvalue weighted by Gasteiger charge is -1.90. The molecule has 1 aliphatic rings. The summed E-state index contributed by atoms with van der Waals surface area (Å²) in [5, 5.41) is 0. The highest BCUT2D eigenvalue weighted by atomic mass is 14.6. The molecule has 54 valence electrons. The lowest BCUT2D eigenvalue weighted by atomic mass is 10.2. The largest absolute Gasteiger partial charge is 0.324 e. The second kappa shape index (κ2) is 3.43. The van der Waals surface area contributed by atoms with Gasteiger partial charge in [0, 0.05) is 12.5 Å². The lowest BCUT2D eigenvalue weighted by molar-refractivity contribution is 0.771. The third-order valence-corrected chi connectivity index (χ3v) is 1.74. The molecule has 0 heterocycles. The predicted octanol–water partition coefficient (Wildman–Crippen LogP) is 1.45. The number of allylic oxidation sites excluding steroid dienone is 1. The van der Waals surface area contributed by atoms with Crippen molar-refractivity contribution in [3.8, 4) is 11.8 Å². The molecule has 0 fully saturated rings. The SMILES string of the molecule is CC#CCC1=CC(N)CC1. The van der Waals surface area contributed by atoms with Crippen LogP contribution in [0.4, 0.5) is 0 Å². The van der Waals surface area contributed by atoms with Crippen LogP contribution >= 0.6 is 0 Å². The summed E-state index contributed by atoms with van der Waals surface area (Å²) in [6.45, 7) is 1.87. The minimum absolute atomic E-state index is 0.300. The van der Waals surface area contributed by atoms with Gasteiger partial charge in [-0.1, -0.05) is 17.6 Å². The molecule has 2 N–H and O–H groups in total. The molecule has 0 aromatic heterocycles. The Morgan fingerprint density at radius 1 is 1.80 bits per heavy atom. The van der Waals surface area contributed by atoms with Crippen molar-refractivity contribution in [3.63, 3.8) is 0 Å². The molecular weight excluding hydrogens is 122 g/mol. The Balaban J connectivity index is 2.40. The van der Waals surface area contributed by atoms with E-state index in [4.69, 9.17) is 5.73 Å². The van der Waals surface area contributed by atoms with E-state index < -0.39 is 0 Å². The summed E-state index contributed by atoms with van der Waals surface area (Å²) in [5.74, 6) is 5.91. The molecule has 1 heteroatoms. The molecule has 0 spiro atoms. The molecule has 0 aromatic carbocycles. The first-order valence-corrected chi connectivity index (χ1v) is 3.67. The number of hydrogen-bond donors (Lipinski definition) is 1. The van der Waals surface area contributed by atoms with Crippen LogP contribution in [0.3, 0.4) is 0 Å². The van der Waals surface area contributed by atoms with E-state index in [-0.39, 0.29) is 0 Å². The quantitative estimate of drug-likeness (QED) is 0.427.